The fourth-order valence-electron chi connectivity index (χ4n) is 3.95. The van der Waals surface area contributed by atoms with Gasteiger partial charge in [0.2, 0.25) is 0 Å². The molecule has 0 atom stereocenters. The summed E-state index contributed by atoms with van der Waals surface area (Å²) < 4.78 is 0. The van der Waals surface area contributed by atoms with E-state index in [1.807, 2.05) is 12.1 Å². The quantitative estimate of drug-likeness (QED) is 0.835. The molecule has 0 bridgehead atoms. The van der Waals surface area contributed by atoms with Gasteiger partial charge in [0.1, 0.15) is 5.69 Å². The fraction of sp³-hybridized carbons (Fsp3) is 0.455. The van der Waals surface area contributed by atoms with Crippen LogP contribution in [0.25, 0.3) is 0 Å². The molecule has 1 aromatic carbocycles. The van der Waals surface area contributed by atoms with E-state index in [4.69, 9.17) is 0 Å². The van der Waals surface area contributed by atoms with Gasteiger partial charge < -0.3 is 20.4 Å². The monoisotopic (exact) mass is 379 g/mol. The maximum Gasteiger partial charge on any atom is 0.270 e. The molecule has 2 fully saturated rings. The summed E-state index contributed by atoms with van der Waals surface area (Å²) in [6.45, 7) is 4.33. The molecule has 2 heterocycles. The van der Waals surface area contributed by atoms with E-state index >= 15 is 0 Å². The van der Waals surface area contributed by atoms with E-state index in [0.717, 1.165) is 50.4 Å². The van der Waals surface area contributed by atoms with Gasteiger partial charge in [-0.05, 0) is 56.3 Å². The van der Waals surface area contributed by atoms with Crippen molar-refractivity contribution in [3.05, 3.63) is 48.3 Å². The van der Waals surface area contributed by atoms with Crippen LogP contribution in [0.4, 0.5) is 17.1 Å². The van der Waals surface area contributed by atoms with Gasteiger partial charge in [-0.15, -0.1) is 0 Å². The first kappa shape index (κ1) is 18.7. The van der Waals surface area contributed by atoms with Crippen molar-refractivity contribution in [2.75, 3.05) is 43.4 Å². The van der Waals surface area contributed by atoms with Crippen LogP contribution >= 0.6 is 0 Å². The van der Waals surface area contributed by atoms with Gasteiger partial charge in [-0.1, -0.05) is 12.8 Å². The van der Waals surface area contributed by atoms with Crippen LogP contribution in [-0.4, -0.2) is 55.1 Å². The van der Waals surface area contributed by atoms with Crippen molar-refractivity contribution in [2.24, 2.45) is 0 Å². The van der Waals surface area contributed by atoms with Crippen molar-refractivity contribution in [3.8, 4) is 0 Å². The predicted molar refractivity (Wildman–Crippen MR) is 113 cm³/mol. The zero-order chi connectivity index (χ0) is 19.3. The summed E-state index contributed by atoms with van der Waals surface area (Å²) >= 11 is 0. The van der Waals surface area contributed by atoms with Gasteiger partial charge >= 0.3 is 0 Å². The van der Waals surface area contributed by atoms with Crippen molar-refractivity contribution in [1.29, 1.82) is 0 Å². The third-order valence-electron chi connectivity index (χ3n) is 5.71. The van der Waals surface area contributed by atoms with Crippen LogP contribution in [0.2, 0.25) is 0 Å². The number of pyridine rings is 1. The first-order valence-electron chi connectivity index (χ1n) is 10.2. The number of aromatic nitrogens is 1. The minimum absolute atomic E-state index is 0.0824. The van der Waals surface area contributed by atoms with Gasteiger partial charge in [0.15, 0.2) is 0 Å². The Morgan fingerprint density at radius 1 is 1.00 bits per heavy atom. The minimum atomic E-state index is -0.0824. The van der Waals surface area contributed by atoms with Gasteiger partial charge in [-0.3, -0.25) is 9.78 Å². The third kappa shape index (κ3) is 4.62. The van der Waals surface area contributed by atoms with E-state index in [1.165, 1.54) is 18.5 Å². The topological polar surface area (TPSA) is 60.5 Å². The first-order chi connectivity index (χ1) is 13.7. The number of rotatable bonds is 5. The highest BCUT2D eigenvalue weighted by Crippen LogP contribution is 2.23. The lowest BCUT2D eigenvalue weighted by atomic mass is 10.2. The normalized spacial score (nSPS) is 18.2. The Morgan fingerprint density at radius 3 is 2.43 bits per heavy atom. The van der Waals surface area contributed by atoms with Crippen LogP contribution in [0.5, 0.6) is 0 Å². The van der Waals surface area contributed by atoms with Crippen LogP contribution in [0.1, 0.15) is 36.2 Å². The Labute approximate surface area is 166 Å². The highest BCUT2D eigenvalue weighted by Gasteiger charge is 2.19. The maximum absolute atomic E-state index is 12.4. The zero-order valence-electron chi connectivity index (χ0n) is 16.5. The molecule has 1 aliphatic heterocycles. The molecule has 148 valence electrons. The van der Waals surface area contributed by atoms with E-state index in [1.54, 1.807) is 6.20 Å². The van der Waals surface area contributed by atoms with Crippen LogP contribution in [0.15, 0.2) is 42.6 Å². The fourth-order valence-corrected chi connectivity index (χ4v) is 3.95. The molecule has 6 heteroatoms. The van der Waals surface area contributed by atoms with Gasteiger partial charge in [-0.2, -0.15) is 0 Å². The molecule has 1 amide bonds. The predicted octanol–water partition coefficient (Wildman–Crippen LogP) is 3.25. The average Bonchev–Trinajstić information content (AvgIpc) is 3.22. The molecule has 1 saturated carbocycles. The molecule has 1 aromatic heterocycles. The lowest BCUT2D eigenvalue weighted by molar-refractivity contribution is 0.0933. The number of nitrogens with zero attached hydrogens (tertiary/aromatic N) is 3. The Bertz CT molecular complexity index is 793. The Kier molecular flexibility index (Phi) is 5.76. The van der Waals surface area contributed by atoms with E-state index in [0.29, 0.717) is 11.7 Å². The average molecular weight is 380 g/mol. The van der Waals surface area contributed by atoms with Gasteiger partial charge in [0.05, 0.1) is 0 Å². The van der Waals surface area contributed by atoms with E-state index in [-0.39, 0.29) is 5.91 Å². The lowest BCUT2D eigenvalue weighted by Crippen LogP contribution is -2.44. The Balaban J connectivity index is 1.38. The van der Waals surface area contributed by atoms with Gasteiger partial charge in [-0.25, -0.2) is 0 Å². The summed E-state index contributed by atoms with van der Waals surface area (Å²) in [7, 11) is 2.17. The molecule has 28 heavy (non-hydrogen) atoms. The van der Waals surface area contributed by atoms with Gasteiger partial charge in [0, 0.05) is 55.5 Å². The molecule has 4 rings (SSSR count). The molecule has 1 saturated heterocycles. The van der Waals surface area contributed by atoms with E-state index < -0.39 is 0 Å². The lowest BCUT2D eigenvalue weighted by Gasteiger charge is -2.34. The second-order valence-corrected chi connectivity index (χ2v) is 7.85. The largest absolute Gasteiger partial charge is 0.369 e. The van der Waals surface area contributed by atoms with Crippen molar-refractivity contribution in [1.82, 2.24) is 15.2 Å². The highest BCUT2D eigenvalue weighted by atomic mass is 16.1. The molecular weight excluding hydrogens is 350 g/mol. The van der Waals surface area contributed by atoms with Gasteiger partial charge in [0.25, 0.3) is 5.91 Å². The number of likely N-dealkylation sites (N-methyl/N-ethyl adjacent to an activating group) is 1. The van der Waals surface area contributed by atoms with E-state index in [2.05, 4.69) is 56.7 Å². The molecule has 0 unspecified atom stereocenters. The summed E-state index contributed by atoms with van der Waals surface area (Å²) in [5, 5.41) is 6.48. The van der Waals surface area contributed by atoms with Crippen molar-refractivity contribution in [2.45, 2.75) is 31.7 Å². The van der Waals surface area contributed by atoms with Crippen LogP contribution in [-0.2, 0) is 0 Å². The third-order valence-corrected chi connectivity index (χ3v) is 5.71. The summed E-state index contributed by atoms with van der Waals surface area (Å²) in [6, 6.07) is 12.5. The number of hydrogen-bond acceptors (Lipinski definition) is 5. The number of amides is 1. The number of anilines is 3. The molecular formula is C22H29N5O. The molecule has 0 radical (unpaired) electrons. The summed E-state index contributed by atoms with van der Waals surface area (Å²) in [6.07, 6.45) is 6.23. The van der Waals surface area contributed by atoms with Crippen LogP contribution in [0, 0.1) is 0 Å². The molecule has 2 N–H and O–H groups in total. The molecule has 6 nitrogen and oxygen atoms in total. The number of piperazine rings is 1. The van der Waals surface area contributed by atoms with E-state index in [9.17, 15) is 4.79 Å². The summed E-state index contributed by atoms with van der Waals surface area (Å²) in [5.41, 5.74) is 3.60. The SMILES string of the molecule is CN1CCN(c2ccc(Nc3ccnc(C(=O)NC4CCCC4)c3)cc2)CC1. The molecule has 2 aliphatic rings. The number of nitrogens with one attached hydrogen (secondary N) is 2. The van der Waals surface area contributed by atoms with Crippen molar-refractivity contribution in [3.63, 3.8) is 0 Å². The molecule has 2 aromatic rings. The standard InChI is InChI=1S/C22H29N5O/c1-26-12-14-27(15-13-26)20-8-6-18(7-9-20)24-19-10-11-23-21(16-19)22(28)25-17-4-2-3-5-17/h6-11,16-17H,2-5,12-15H2,1H3,(H,23,24)(H,25,28). The first-order valence-corrected chi connectivity index (χ1v) is 10.2. The van der Waals surface area contributed by atoms with Crippen LogP contribution < -0.4 is 15.5 Å². The van der Waals surface area contributed by atoms with Crippen molar-refractivity contribution >= 4 is 23.0 Å². The second-order valence-electron chi connectivity index (χ2n) is 7.85. The van der Waals surface area contributed by atoms with Crippen LogP contribution in [0.3, 0.4) is 0 Å². The number of benzene rings is 1. The summed E-state index contributed by atoms with van der Waals surface area (Å²) in [5.74, 6) is -0.0824. The summed E-state index contributed by atoms with van der Waals surface area (Å²) in [4.78, 5) is 21.5. The second kappa shape index (κ2) is 8.61. The van der Waals surface area contributed by atoms with Crippen molar-refractivity contribution < 1.29 is 4.79 Å². The number of carbonyl (C=O) groups excluding carboxylic acids is 1. The zero-order valence-corrected chi connectivity index (χ0v) is 16.5. The maximum atomic E-state index is 12.4. The number of hydrogen-bond donors (Lipinski definition) is 2. The minimum Gasteiger partial charge on any atom is -0.369 e. The molecule has 1 aliphatic carbocycles. The smallest absolute Gasteiger partial charge is 0.270 e. The number of carbonyl (C=O) groups is 1. The molecule has 0 spiro atoms. The Hall–Kier alpha value is -2.60. The highest BCUT2D eigenvalue weighted by molar-refractivity contribution is 5.93. The Morgan fingerprint density at radius 2 is 1.71 bits per heavy atom.